The van der Waals surface area contributed by atoms with Gasteiger partial charge in [0.15, 0.2) is 0 Å². The molecule has 9 heteroatoms. The van der Waals surface area contributed by atoms with Gasteiger partial charge >= 0.3 is 5.97 Å². The fraction of sp³-hybridized carbons (Fsp3) is 0.364. The van der Waals surface area contributed by atoms with E-state index in [4.69, 9.17) is 0 Å². The molecule has 0 amide bonds. The van der Waals surface area contributed by atoms with Gasteiger partial charge in [-0.05, 0) is 45.0 Å². The SMILES string of the molecule is CCN1CCCC1CNC=c1c(O)c(C)c(=O)c2[nH]c3c(C(=O)O)ccc(=O)c3nc12. The Morgan fingerprint density at radius 2 is 2.10 bits per heavy atom. The van der Waals surface area contributed by atoms with Gasteiger partial charge in [-0.25, -0.2) is 9.78 Å². The summed E-state index contributed by atoms with van der Waals surface area (Å²) in [5.41, 5.74) is -0.973. The number of likely N-dealkylation sites (N-methyl/N-ethyl adjacent to an activating group) is 1. The van der Waals surface area contributed by atoms with Gasteiger partial charge in [0.05, 0.1) is 16.3 Å². The van der Waals surface area contributed by atoms with Crippen LogP contribution in [0, 0.1) is 6.92 Å². The number of carboxylic acids is 1. The van der Waals surface area contributed by atoms with E-state index in [2.05, 4.69) is 27.1 Å². The minimum atomic E-state index is -1.24. The fourth-order valence-electron chi connectivity index (χ4n) is 4.28. The largest absolute Gasteiger partial charge is 0.507 e. The van der Waals surface area contributed by atoms with Crippen molar-refractivity contribution in [3.63, 3.8) is 0 Å². The molecule has 1 atom stereocenters. The molecule has 1 saturated heterocycles. The molecule has 0 bridgehead atoms. The van der Waals surface area contributed by atoms with Crippen LogP contribution in [0.3, 0.4) is 0 Å². The molecule has 1 aliphatic rings. The predicted octanol–water partition coefficient (Wildman–Crippen LogP) is 0.680. The molecular formula is C22H24N4O5. The highest BCUT2D eigenvalue weighted by molar-refractivity contribution is 6.02. The second kappa shape index (κ2) is 7.99. The maximum absolute atomic E-state index is 12.8. The van der Waals surface area contributed by atoms with Gasteiger partial charge in [-0.3, -0.25) is 14.5 Å². The molecule has 0 saturated carbocycles. The van der Waals surface area contributed by atoms with E-state index < -0.39 is 16.8 Å². The molecule has 2 aromatic carbocycles. The average Bonchev–Trinajstić information content (AvgIpc) is 3.21. The maximum atomic E-state index is 12.8. The number of nitrogens with zero attached hydrogens (tertiary/aromatic N) is 2. The zero-order valence-electron chi connectivity index (χ0n) is 17.4. The van der Waals surface area contributed by atoms with Gasteiger partial charge in [0.2, 0.25) is 10.9 Å². The van der Waals surface area contributed by atoms with Crippen molar-refractivity contribution in [2.24, 2.45) is 0 Å². The number of hydrogen-bond acceptors (Lipinski definition) is 7. The Labute approximate surface area is 177 Å². The highest BCUT2D eigenvalue weighted by Gasteiger charge is 2.22. The molecular weight excluding hydrogens is 400 g/mol. The Morgan fingerprint density at radius 3 is 2.81 bits per heavy atom. The molecule has 4 N–H and O–H groups in total. The molecule has 1 unspecified atom stereocenters. The number of hydrogen-bond donors (Lipinski definition) is 4. The second-order valence-electron chi connectivity index (χ2n) is 7.79. The van der Waals surface area contributed by atoms with Crippen molar-refractivity contribution < 1.29 is 15.0 Å². The highest BCUT2D eigenvalue weighted by atomic mass is 16.4. The molecule has 1 aromatic heterocycles. The van der Waals surface area contributed by atoms with Crippen molar-refractivity contribution in [2.45, 2.75) is 32.7 Å². The number of aromatic hydroxyl groups is 1. The summed E-state index contributed by atoms with van der Waals surface area (Å²) in [4.78, 5) is 46.2. The van der Waals surface area contributed by atoms with Gasteiger partial charge in [-0.2, -0.15) is 0 Å². The summed E-state index contributed by atoms with van der Waals surface area (Å²) >= 11 is 0. The molecule has 0 aliphatic carbocycles. The third-order valence-electron chi connectivity index (χ3n) is 6.02. The Bertz CT molecular complexity index is 1360. The molecule has 0 spiro atoms. The van der Waals surface area contributed by atoms with Gasteiger partial charge in [0.1, 0.15) is 22.3 Å². The summed E-state index contributed by atoms with van der Waals surface area (Å²) in [6.45, 7) is 6.30. The molecule has 2 heterocycles. The summed E-state index contributed by atoms with van der Waals surface area (Å²) in [6.07, 6.45) is 3.82. The maximum Gasteiger partial charge on any atom is 0.337 e. The molecule has 1 aliphatic heterocycles. The highest BCUT2D eigenvalue weighted by Crippen LogP contribution is 2.18. The Morgan fingerprint density at radius 1 is 1.32 bits per heavy atom. The van der Waals surface area contributed by atoms with Crippen molar-refractivity contribution in [1.29, 1.82) is 0 Å². The first kappa shape index (κ1) is 20.8. The van der Waals surface area contributed by atoms with Crippen molar-refractivity contribution in [1.82, 2.24) is 20.2 Å². The van der Waals surface area contributed by atoms with Crippen LogP contribution in [0.1, 0.15) is 35.7 Å². The normalized spacial score (nSPS) is 17.6. The van der Waals surface area contributed by atoms with Gasteiger partial charge in [-0.1, -0.05) is 6.92 Å². The van der Waals surface area contributed by atoms with Crippen LogP contribution in [0.2, 0.25) is 0 Å². The van der Waals surface area contributed by atoms with E-state index in [1.807, 2.05) is 0 Å². The van der Waals surface area contributed by atoms with E-state index >= 15 is 0 Å². The summed E-state index contributed by atoms with van der Waals surface area (Å²) in [5.74, 6) is -1.46. The van der Waals surface area contributed by atoms with E-state index in [0.717, 1.165) is 32.0 Å². The van der Waals surface area contributed by atoms with E-state index in [0.29, 0.717) is 12.6 Å². The molecule has 4 rings (SSSR count). The quantitative estimate of drug-likeness (QED) is 0.439. The van der Waals surface area contributed by atoms with Crippen molar-refractivity contribution >= 4 is 34.2 Å². The number of phenols is 1. The van der Waals surface area contributed by atoms with Crippen molar-refractivity contribution in [3.8, 4) is 5.75 Å². The molecule has 1 fully saturated rings. The number of benzene rings is 2. The molecule has 3 aromatic rings. The number of likely N-dealkylation sites (tertiary alicyclic amines) is 1. The number of aromatic carboxylic acids is 1. The lowest BCUT2D eigenvalue weighted by Gasteiger charge is -2.22. The molecule has 9 nitrogen and oxygen atoms in total. The van der Waals surface area contributed by atoms with Crippen LogP contribution < -0.4 is 21.4 Å². The fourth-order valence-corrected chi connectivity index (χ4v) is 4.28. The summed E-state index contributed by atoms with van der Waals surface area (Å²) in [7, 11) is 0. The first-order valence-electron chi connectivity index (χ1n) is 10.3. The monoisotopic (exact) mass is 424 g/mol. The van der Waals surface area contributed by atoms with Crippen molar-refractivity contribution in [2.75, 3.05) is 19.6 Å². The van der Waals surface area contributed by atoms with Crippen LogP contribution in [-0.4, -0.2) is 56.7 Å². The van der Waals surface area contributed by atoms with Crippen LogP contribution in [0.5, 0.6) is 5.75 Å². The number of phenolic OH excluding ortho intramolecular Hbond substituents is 1. The number of rotatable bonds is 5. The van der Waals surface area contributed by atoms with Crippen LogP contribution in [0.15, 0.2) is 21.7 Å². The zero-order valence-corrected chi connectivity index (χ0v) is 17.4. The minimum absolute atomic E-state index is 0.0156. The Hall–Kier alpha value is -3.46. The molecule has 162 valence electrons. The number of fused-ring (bicyclic) bond motifs is 2. The predicted molar refractivity (Wildman–Crippen MR) is 117 cm³/mol. The van der Waals surface area contributed by atoms with Crippen molar-refractivity contribution in [3.05, 3.63) is 48.9 Å². The number of aromatic nitrogens is 2. The number of carbonyl (C=O) groups is 1. The Balaban J connectivity index is 1.92. The van der Waals surface area contributed by atoms with Crippen LogP contribution in [0.25, 0.3) is 28.3 Å². The van der Waals surface area contributed by atoms with Gasteiger partial charge < -0.3 is 20.5 Å². The average molecular weight is 424 g/mol. The lowest BCUT2D eigenvalue weighted by Crippen LogP contribution is -2.36. The lowest BCUT2D eigenvalue weighted by atomic mass is 10.1. The first-order chi connectivity index (χ1) is 14.8. The third kappa shape index (κ3) is 3.50. The topological polar surface area (TPSA) is 136 Å². The summed E-state index contributed by atoms with van der Waals surface area (Å²) in [5, 5.41) is 23.6. The summed E-state index contributed by atoms with van der Waals surface area (Å²) < 4.78 is 0. The van der Waals surface area contributed by atoms with Crippen LogP contribution >= 0.6 is 0 Å². The zero-order chi connectivity index (χ0) is 22.3. The van der Waals surface area contributed by atoms with E-state index in [-0.39, 0.29) is 44.2 Å². The van der Waals surface area contributed by atoms with E-state index in [1.54, 1.807) is 6.20 Å². The standard InChI is InChI=1S/C22H24N4O5/c1-3-26-8-4-5-12(26)9-23-10-14-17-19(21(29)11(2)20(14)28)25-16-13(22(30)31)6-7-15(27)18(16)24-17/h6-7,10,12,23,25,28H,3-5,8-9H2,1-2H3,(H,30,31). The van der Waals surface area contributed by atoms with Gasteiger partial charge in [0, 0.05) is 24.4 Å². The number of H-pyrrole nitrogens is 1. The smallest absolute Gasteiger partial charge is 0.337 e. The number of aromatic amines is 1. The Kier molecular flexibility index (Phi) is 5.36. The minimum Gasteiger partial charge on any atom is -0.507 e. The van der Waals surface area contributed by atoms with Gasteiger partial charge in [0.25, 0.3) is 0 Å². The van der Waals surface area contributed by atoms with E-state index in [1.165, 1.54) is 13.0 Å². The second-order valence-corrected chi connectivity index (χ2v) is 7.79. The van der Waals surface area contributed by atoms with Crippen LogP contribution in [0.4, 0.5) is 0 Å². The summed E-state index contributed by atoms with van der Waals surface area (Å²) in [6, 6.07) is 2.69. The van der Waals surface area contributed by atoms with E-state index in [9.17, 15) is 24.6 Å². The first-order valence-corrected chi connectivity index (χ1v) is 10.3. The third-order valence-corrected chi connectivity index (χ3v) is 6.02. The van der Waals surface area contributed by atoms with Gasteiger partial charge in [-0.15, -0.1) is 0 Å². The number of nitrogens with one attached hydrogen (secondary N) is 2. The lowest BCUT2D eigenvalue weighted by molar-refractivity contribution is 0.0699. The number of carboxylic acid groups (broad SMARTS) is 1. The van der Waals surface area contributed by atoms with Crippen LogP contribution in [-0.2, 0) is 0 Å². The molecule has 31 heavy (non-hydrogen) atoms. The molecule has 0 radical (unpaired) electrons.